The highest BCUT2D eigenvalue weighted by molar-refractivity contribution is 5.93. The van der Waals surface area contributed by atoms with Gasteiger partial charge < -0.3 is 24.6 Å². The maximum Gasteiger partial charge on any atom is 0.228 e. The molecular weight excluding hydrogens is 310 g/mol. The lowest BCUT2D eigenvalue weighted by atomic mass is 10.2. The number of hydrogen-bond acceptors (Lipinski definition) is 6. The predicted octanol–water partition coefficient (Wildman–Crippen LogP) is 2.02. The molecular formula is C16H23N5O3. The molecule has 8 nitrogen and oxygen atoms in total. The lowest BCUT2D eigenvalue weighted by Gasteiger charge is -2.14. The number of rotatable bonds is 7. The summed E-state index contributed by atoms with van der Waals surface area (Å²) in [6.07, 6.45) is 0.619. The van der Waals surface area contributed by atoms with Gasteiger partial charge in [0.05, 0.1) is 13.7 Å². The number of hydrogen-bond donors (Lipinski definition) is 2. The van der Waals surface area contributed by atoms with Gasteiger partial charge in [-0.05, 0) is 26.0 Å². The Hall–Kier alpha value is -2.77. The molecule has 1 aromatic heterocycles. The van der Waals surface area contributed by atoms with E-state index in [4.69, 9.17) is 14.0 Å². The number of aromatic nitrogens is 2. The van der Waals surface area contributed by atoms with Crippen LogP contribution in [0.5, 0.6) is 11.5 Å². The lowest BCUT2D eigenvalue weighted by molar-refractivity contribution is 0.311. The van der Waals surface area contributed by atoms with Gasteiger partial charge in [-0.2, -0.15) is 4.98 Å². The van der Waals surface area contributed by atoms with E-state index in [2.05, 4.69) is 25.8 Å². The van der Waals surface area contributed by atoms with Crippen molar-refractivity contribution in [2.75, 3.05) is 32.6 Å². The largest absolute Gasteiger partial charge is 0.493 e. The maximum atomic E-state index is 5.57. The van der Waals surface area contributed by atoms with Crippen LogP contribution in [0.3, 0.4) is 0 Å². The minimum Gasteiger partial charge on any atom is -0.493 e. The van der Waals surface area contributed by atoms with Crippen LogP contribution in [0.2, 0.25) is 0 Å². The van der Waals surface area contributed by atoms with E-state index in [0.29, 0.717) is 48.7 Å². The van der Waals surface area contributed by atoms with E-state index in [-0.39, 0.29) is 0 Å². The third kappa shape index (κ3) is 4.87. The molecule has 8 heteroatoms. The van der Waals surface area contributed by atoms with Gasteiger partial charge in [-0.15, -0.1) is 0 Å². The van der Waals surface area contributed by atoms with Crippen molar-refractivity contribution in [3.63, 3.8) is 0 Å². The highest BCUT2D eigenvalue weighted by atomic mass is 16.5. The number of anilines is 1. The molecule has 1 aromatic carbocycles. The molecule has 24 heavy (non-hydrogen) atoms. The summed E-state index contributed by atoms with van der Waals surface area (Å²) in [5.41, 5.74) is 0.848. The molecule has 0 aliphatic heterocycles. The van der Waals surface area contributed by atoms with Gasteiger partial charge in [0.15, 0.2) is 23.3 Å². The summed E-state index contributed by atoms with van der Waals surface area (Å²) < 4.78 is 15.9. The normalized spacial score (nSPS) is 11.2. The summed E-state index contributed by atoms with van der Waals surface area (Å²) in [5.74, 6) is 3.24. The Bertz CT molecular complexity index is 684. The number of aryl methyl sites for hydroxylation is 1. The average molecular weight is 333 g/mol. The first-order valence-corrected chi connectivity index (χ1v) is 7.74. The quantitative estimate of drug-likeness (QED) is 0.591. The summed E-state index contributed by atoms with van der Waals surface area (Å²) in [5, 5.41) is 10.2. The second kappa shape index (κ2) is 8.76. The van der Waals surface area contributed by atoms with E-state index < -0.39 is 0 Å². The van der Waals surface area contributed by atoms with Crippen LogP contribution in [0.4, 0.5) is 5.69 Å². The smallest absolute Gasteiger partial charge is 0.228 e. The Kier molecular flexibility index (Phi) is 6.41. The predicted molar refractivity (Wildman–Crippen MR) is 91.9 cm³/mol. The number of nitrogens with one attached hydrogen (secondary N) is 2. The molecule has 0 saturated heterocycles. The van der Waals surface area contributed by atoms with Crippen LogP contribution < -0.4 is 20.1 Å². The van der Waals surface area contributed by atoms with E-state index in [0.717, 1.165) is 5.69 Å². The molecule has 2 rings (SSSR count). The fourth-order valence-electron chi connectivity index (χ4n) is 2.07. The molecule has 1 heterocycles. The van der Waals surface area contributed by atoms with Crippen molar-refractivity contribution < 1.29 is 14.0 Å². The van der Waals surface area contributed by atoms with Crippen molar-refractivity contribution in [3.8, 4) is 11.5 Å². The summed E-state index contributed by atoms with van der Waals surface area (Å²) >= 11 is 0. The number of aliphatic imine (C=N–C) groups is 1. The van der Waals surface area contributed by atoms with E-state index in [1.165, 1.54) is 0 Å². The van der Waals surface area contributed by atoms with Crippen LogP contribution in [-0.4, -0.2) is 43.4 Å². The zero-order valence-electron chi connectivity index (χ0n) is 14.4. The molecule has 0 fully saturated rings. The fraction of sp³-hybridized carbons (Fsp3) is 0.438. The van der Waals surface area contributed by atoms with Crippen LogP contribution in [0.25, 0.3) is 0 Å². The van der Waals surface area contributed by atoms with Gasteiger partial charge in [0.1, 0.15) is 0 Å². The van der Waals surface area contributed by atoms with E-state index >= 15 is 0 Å². The van der Waals surface area contributed by atoms with Crippen molar-refractivity contribution in [2.45, 2.75) is 20.3 Å². The first-order chi connectivity index (χ1) is 11.7. The fourth-order valence-corrected chi connectivity index (χ4v) is 2.07. The molecule has 2 N–H and O–H groups in total. The number of methoxy groups -OCH3 is 1. The van der Waals surface area contributed by atoms with Crippen LogP contribution in [0.15, 0.2) is 27.7 Å². The minimum atomic E-state index is 0.566. The van der Waals surface area contributed by atoms with Crippen molar-refractivity contribution in [2.24, 2.45) is 4.99 Å². The number of ether oxygens (including phenoxy) is 2. The van der Waals surface area contributed by atoms with Crippen molar-refractivity contribution >= 4 is 11.6 Å². The zero-order chi connectivity index (χ0) is 17.4. The van der Waals surface area contributed by atoms with Crippen molar-refractivity contribution in [3.05, 3.63) is 29.9 Å². The third-order valence-electron chi connectivity index (χ3n) is 3.15. The first-order valence-electron chi connectivity index (χ1n) is 7.74. The van der Waals surface area contributed by atoms with E-state index in [9.17, 15) is 0 Å². The van der Waals surface area contributed by atoms with Crippen molar-refractivity contribution in [1.82, 2.24) is 15.5 Å². The van der Waals surface area contributed by atoms with Gasteiger partial charge in [0.2, 0.25) is 5.89 Å². The Morgan fingerprint density at radius 2 is 2.17 bits per heavy atom. The molecule has 130 valence electrons. The SMILES string of the molecule is CCOc1cc(NC(=NC)NCCc2nc(C)no2)ccc1OC. The van der Waals surface area contributed by atoms with Gasteiger partial charge in [-0.1, -0.05) is 5.16 Å². The number of nitrogens with zero attached hydrogens (tertiary/aromatic N) is 3. The Morgan fingerprint density at radius 1 is 1.33 bits per heavy atom. The highest BCUT2D eigenvalue weighted by Crippen LogP contribution is 2.30. The summed E-state index contributed by atoms with van der Waals surface area (Å²) in [6.45, 7) is 4.91. The van der Waals surface area contributed by atoms with E-state index in [1.54, 1.807) is 21.1 Å². The van der Waals surface area contributed by atoms with Gasteiger partial charge in [-0.3, -0.25) is 4.99 Å². The molecule has 2 aromatic rings. The minimum absolute atomic E-state index is 0.566. The van der Waals surface area contributed by atoms with E-state index in [1.807, 2.05) is 25.1 Å². The lowest BCUT2D eigenvalue weighted by Crippen LogP contribution is -2.32. The standard InChI is InChI=1S/C16H23N5O3/c1-5-23-14-10-12(6-7-13(14)22-4)20-16(17-3)18-9-8-15-19-11(2)21-24-15/h6-7,10H,5,8-9H2,1-4H3,(H2,17,18,20). The number of benzene rings is 1. The highest BCUT2D eigenvalue weighted by Gasteiger charge is 2.07. The molecule has 0 bridgehead atoms. The Balaban J connectivity index is 1.93. The Labute approximate surface area is 141 Å². The van der Waals surface area contributed by atoms with Crippen LogP contribution in [0.1, 0.15) is 18.6 Å². The molecule has 0 radical (unpaired) electrons. The molecule has 0 aliphatic rings. The molecule has 0 atom stereocenters. The second-order valence-electron chi connectivity index (χ2n) is 4.91. The van der Waals surface area contributed by atoms with Gasteiger partial charge in [0, 0.05) is 31.8 Å². The average Bonchev–Trinajstić information content (AvgIpc) is 3.00. The third-order valence-corrected chi connectivity index (χ3v) is 3.15. The first kappa shape index (κ1) is 17.6. The van der Waals surface area contributed by atoms with Crippen LogP contribution >= 0.6 is 0 Å². The van der Waals surface area contributed by atoms with Gasteiger partial charge >= 0.3 is 0 Å². The topological polar surface area (TPSA) is 93.8 Å². The van der Waals surface area contributed by atoms with Crippen molar-refractivity contribution in [1.29, 1.82) is 0 Å². The molecule has 0 spiro atoms. The summed E-state index contributed by atoms with van der Waals surface area (Å²) in [4.78, 5) is 8.35. The summed E-state index contributed by atoms with van der Waals surface area (Å²) in [7, 11) is 3.32. The molecule has 0 aliphatic carbocycles. The molecule has 0 unspecified atom stereocenters. The summed E-state index contributed by atoms with van der Waals surface area (Å²) in [6, 6.07) is 5.62. The number of guanidine groups is 1. The molecule has 0 amide bonds. The zero-order valence-corrected chi connectivity index (χ0v) is 14.4. The second-order valence-corrected chi connectivity index (χ2v) is 4.91. The molecule has 0 saturated carbocycles. The van der Waals surface area contributed by atoms with Crippen LogP contribution in [-0.2, 0) is 6.42 Å². The van der Waals surface area contributed by atoms with Gasteiger partial charge in [0.25, 0.3) is 0 Å². The van der Waals surface area contributed by atoms with Crippen LogP contribution in [0, 0.1) is 6.92 Å². The Morgan fingerprint density at radius 3 is 2.79 bits per heavy atom. The maximum absolute atomic E-state index is 5.57. The van der Waals surface area contributed by atoms with Gasteiger partial charge in [-0.25, -0.2) is 0 Å². The monoisotopic (exact) mass is 333 g/mol.